The largest absolute Gasteiger partial charge is 0.480 e. The first-order chi connectivity index (χ1) is 6.97. The van der Waals surface area contributed by atoms with E-state index in [2.05, 4.69) is 10.1 Å². The summed E-state index contributed by atoms with van der Waals surface area (Å²) in [5.74, 6) is -2.36. The molecule has 0 heterocycles. The van der Waals surface area contributed by atoms with Crippen LogP contribution in [0.25, 0.3) is 0 Å². The van der Waals surface area contributed by atoms with Crippen LogP contribution in [-0.4, -0.2) is 42.6 Å². The van der Waals surface area contributed by atoms with Crippen molar-refractivity contribution in [2.24, 2.45) is 5.73 Å². The summed E-state index contributed by atoms with van der Waals surface area (Å²) in [6.07, 6.45) is -0.121. The van der Waals surface area contributed by atoms with Gasteiger partial charge in [0.2, 0.25) is 11.8 Å². The molecule has 0 aromatic carbocycles. The summed E-state index contributed by atoms with van der Waals surface area (Å²) in [4.78, 5) is 32.1. The van der Waals surface area contributed by atoms with Gasteiger partial charge in [-0.3, -0.25) is 9.59 Å². The summed E-state index contributed by atoms with van der Waals surface area (Å²) in [7, 11) is 1.32. The highest BCUT2D eigenvalue weighted by Gasteiger charge is 2.19. The number of carbonyl (C=O) groups is 3. The molecule has 0 bridgehead atoms. The number of nitrogens with one attached hydrogen (secondary N) is 1. The van der Waals surface area contributed by atoms with Crippen molar-refractivity contribution in [3.63, 3.8) is 0 Å². The molecule has 4 N–H and O–H groups in total. The lowest BCUT2D eigenvalue weighted by Crippen LogP contribution is -2.42. The van der Waals surface area contributed by atoms with Gasteiger partial charge in [-0.05, 0) is 6.42 Å². The summed E-state index contributed by atoms with van der Waals surface area (Å²) in [6, 6.07) is -1.11. The zero-order chi connectivity index (χ0) is 11.8. The summed E-state index contributed by atoms with van der Waals surface area (Å²) in [5.41, 5.74) is 4.86. The Balaban J connectivity index is 4.10. The van der Waals surface area contributed by atoms with Crippen LogP contribution >= 0.6 is 0 Å². The minimum Gasteiger partial charge on any atom is -0.480 e. The first kappa shape index (κ1) is 13.4. The van der Waals surface area contributed by atoms with Crippen LogP contribution in [0.1, 0.15) is 12.8 Å². The smallest absolute Gasteiger partial charge is 0.326 e. The van der Waals surface area contributed by atoms with E-state index in [1.165, 1.54) is 7.11 Å². The third-order valence-electron chi connectivity index (χ3n) is 1.59. The molecule has 0 aliphatic heterocycles. The number of hydrogen-bond acceptors (Lipinski definition) is 4. The molecule has 0 unspecified atom stereocenters. The molecule has 2 amide bonds. The van der Waals surface area contributed by atoms with Crippen LogP contribution in [0.4, 0.5) is 0 Å². The Kier molecular flexibility index (Phi) is 6.03. The lowest BCUT2D eigenvalue weighted by Gasteiger charge is -2.12. The Morgan fingerprint density at radius 3 is 2.47 bits per heavy atom. The third kappa shape index (κ3) is 6.44. The molecular weight excluding hydrogens is 204 g/mol. The van der Waals surface area contributed by atoms with Gasteiger partial charge in [0.25, 0.3) is 0 Å². The van der Waals surface area contributed by atoms with E-state index < -0.39 is 23.8 Å². The number of primary amides is 1. The first-order valence-corrected chi connectivity index (χ1v) is 4.26. The topological polar surface area (TPSA) is 119 Å². The van der Waals surface area contributed by atoms with Crippen LogP contribution < -0.4 is 11.1 Å². The summed E-state index contributed by atoms with van der Waals surface area (Å²) < 4.78 is 4.51. The molecule has 0 saturated heterocycles. The maximum Gasteiger partial charge on any atom is 0.326 e. The molecule has 0 aromatic rings. The van der Waals surface area contributed by atoms with Crippen LogP contribution in [-0.2, 0) is 19.1 Å². The lowest BCUT2D eigenvalue weighted by atomic mass is 10.1. The SMILES string of the molecule is COCC(=O)N[C@@H](CCC(N)=O)C(=O)O. The van der Waals surface area contributed by atoms with Gasteiger partial charge in [-0.15, -0.1) is 0 Å². The second-order valence-corrected chi connectivity index (χ2v) is 2.90. The molecule has 0 saturated carbocycles. The maximum atomic E-state index is 11.0. The van der Waals surface area contributed by atoms with E-state index in [0.29, 0.717) is 0 Å². The van der Waals surface area contributed by atoms with Crippen LogP contribution in [0.2, 0.25) is 0 Å². The third-order valence-corrected chi connectivity index (χ3v) is 1.59. The Hall–Kier alpha value is -1.63. The summed E-state index contributed by atoms with van der Waals surface area (Å²) >= 11 is 0. The van der Waals surface area contributed by atoms with Crippen LogP contribution in [0.5, 0.6) is 0 Å². The molecule has 1 atom stereocenters. The predicted octanol–water partition coefficient (Wildman–Crippen LogP) is -1.53. The zero-order valence-corrected chi connectivity index (χ0v) is 8.36. The van der Waals surface area contributed by atoms with Crippen molar-refractivity contribution in [3.05, 3.63) is 0 Å². The quantitative estimate of drug-likeness (QED) is 0.479. The van der Waals surface area contributed by atoms with Crippen LogP contribution in [0, 0.1) is 0 Å². The molecule has 86 valence electrons. The molecule has 0 rings (SSSR count). The van der Waals surface area contributed by atoms with E-state index in [1.807, 2.05) is 0 Å². The van der Waals surface area contributed by atoms with E-state index in [-0.39, 0.29) is 19.4 Å². The van der Waals surface area contributed by atoms with Gasteiger partial charge in [-0.25, -0.2) is 4.79 Å². The molecule has 7 heteroatoms. The van der Waals surface area contributed by atoms with Gasteiger partial charge in [-0.2, -0.15) is 0 Å². The van der Waals surface area contributed by atoms with Crippen molar-refractivity contribution in [2.45, 2.75) is 18.9 Å². The Morgan fingerprint density at radius 2 is 2.07 bits per heavy atom. The van der Waals surface area contributed by atoms with Crippen LogP contribution in [0.3, 0.4) is 0 Å². The van der Waals surface area contributed by atoms with Gasteiger partial charge in [0.1, 0.15) is 12.6 Å². The molecule has 0 aliphatic carbocycles. The fraction of sp³-hybridized carbons (Fsp3) is 0.625. The highest BCUT2D eigenvalue weighted by Crippen LogP contribution is 1.97. The van der Waals surface area contributed by atoms with Gasteiger partial charge in [0.15, 0.2) is 0 Å². The number of carboxylic acids is 1. The van der Waals surface area contributed by atoms with Crippen molar-refractivity contribution in [3.8, 4) is 0 Å². The molecule has 0 fully saturated rings. The normalized spacial score (nSPS) is 11.8. The minimum absolute atomic E-state index is 0.0277. The van der Waals surface area contributed by atoms with Gasteiger partial charge in [0.05, 0.1) is 0 Å². The molecule has 7 nitrogen and oxygen atoms in total. The number of hydrogen-bond donors (Lipinski definition) is 3. The van der Waals surface area contributed by atoms with E-state index in [1.54, 1.807) is 0 Å². The van der Waals surface area contributed by atoms with Gasteiger partial charge < -0.3 is 20.9 Å². The average Bonchev–Trinajstić information content (AvgIpc) is 2.11. The second kappa shape index (κ2) is 6.77. The van der Waals surface area contributed by atoms with Gasteiger partial charge >= 0.3 is 5.97 Å². The number of aliphatic carboxylic acids is 1. The Labute approximate surface area is 86.6 Å². The Morgan fingerprint density at radius 1 is 1.47 bits per heavy atom. The van der Waals surface area contributed by atoms with E-state index in [0.717, 1.165) is 0 Å². The minimum atomic E-state index is -1.21. The number of amides is 2. The van der Waals surface area contributed by atoms with Gasteiger partial charge in [0, 0.05) is 13.5 Å². The Bertz CT molecular complexity index is 253. The number of carbonyl (C=O) groups excluding carboxylic acids is 2. The monoisotopic (exact) mass is 218 g/mol. The van der Waals surface area contributed by atoms with Crippen molar-refractivity contribution >= 4 is 17.8 Å². The summed E-state index contributed by atoms with van der Waals surface area (Å²) in [5, 5.41) is 10.9. The highest BCUT2D eigenvalue weighted by atomic mass is 16.5. The van der Waals surface area contributed by atoms with Crippen LogP contribution in [0.15, 0.2) is 0 Å². The highest BCUT2D eigenvalue weighted by molar-refractivity contribution is 5.84. The number of methoxy groups -OCH3 is 1. The number of carboxylic acid groups (broad SMARTS) is 1. The lowest BCUT2D eigenvalue weighted by molar-refractivity contribution is -0.142. The summed E-state index contributed by atoms with van der Waals surface area (Å²) in [6.45, 7) is -0.222. The number of rotatable bonds is 7. The molecule has 0 aromatic heterocycles. The molecular formula is C8H14N2O5. The van der Waals surface area contributed by atoms with E-state index in [4.69, 9.17) is 10.8 Å². The zero-order valence-electron chi connectivity index (χ0n) is 8.36. The van der Waals surface area contributed by atoms with Crippen molar-refractivity contribution in [2.75, 3.05) is 13.7 Å². The predicted molar refractivity (Wildman–Crippen MR) is 49.9 cm³/mol. The second-order valence-electron chi connectivity index (χ2n) is 2.90. The fourth-order valence-corrected chi connectivity index (χ4v) is 0.911. The van der Waals surface area contributed by atoms with E-state index in [9.17, 15) is 14.4 Å². The first-order valence-electron chi connectivity index (χ1n) is 4.26. The van der Waals surface area contributed by atoms with Crippen molar-refractivity contribution in [1.29, 1.82) is 0 Å². The molecule has 0 spiro atoms. The van der Waals surface area contributed by atoms with Crippen molar-refractivity contribution < 1.29 is 24.2 Å². The number of nitrogens with two attached hydrogens (primary N) is 1. The van der Waals surface area contributed by atoms with E-state index >= 15 is 0 Å². The van der Waals surface area contributed by atoms with Gasteiger partial charge in [-0.1, -0.05) is 0 Å². The molecule has 0 aliphatic rings. The fourth-order valence-electron chi connectivity index (χ4n) is 0.911. The maximum absolute atomic E-state index is 11.0. The molecule has 0 radical (unpaired) electrons. The van der Waals surface area contributed by atoms with Crippen molar-refractivity contribution in [1.82, 2.24) is 5.32 Å². The standard InChI is InChI=1S/C8H14N2O5/c1-15-4-7(12)10-5(8(13)14)2-3-6(9)11/h5H,2-4H2,1H3,(H2,9,11)(H,10,12)(H,13,14)/t5-/m0/s1. The average molecular weight is 218 g/mol. The number of ether oxygens (including phenoxy) is 1. The molecule has 15 heavy (non-hydrogen) atoms.